The van der Waals surface area contributed by atoms with Gasteiger partial charge in [0.2, 0.25) is 5.91 Å². The molecule has 0 aliphatic carbocycles. The third-order valence-corrected chi connectivity index (χ3v) is 5.59. The number of hydrogen-bond acceptors (Lipinski definition) is 4. The van der Waals surface area contributed by atoms with E-state index in [1.54, 1.807) is 11.8 Å². The number of carbonyl (C=O) groups is 1. The molecule has 1 atom stereocenters. The number of thioether (sulfide) groups is 1. The van der Waals surface area contributed by atoms with Gasteiger partial charge >= 0.3 is 0 Å². The van der Waals surface area contributed by atoms with Crippen LogP contribution in [-0.2, 0) is 24.2 Å². The van der Waals surface area contributed by atoms with E-state index >= 15 is 0 Å². The maximum absolute atomic E-state index is 12.5. The molecule has 1 aromatic carbocycles. The number of aromatic nitrogens is 3. The first-order valence-electron chi connectivity index (χ1n) is 7.82. The van der Waals surface area contributed by atoms with E-state index in [0.29, 0.717) is 17.7 Å². The number of hydrogen-bond donors (Lipinski definition) is 2. The summed E-state index contributed by atoms with van der Waals surface area (Å²) in [5.41, 5.74) is 2.44. The molecule has 122 valence electrons. The molecule has 1 aliphatic heterocycles. The third kappa shape index (κ3) is 3.50. The Morgan fingerprint density at radius 2 is 2.35 bits per heavy atom. The van der Waals surface area contributed by atoms with Gasteiger partial charge in [0.15, 0.2) is 4.77 Å². The molecule has 0 unspecified atom stereocenters. The maximum Gasteiger partial charge on any atom is 0.237 e. The number of carbonyl (C=O) groups excluding carboxylic acids is 1. The molecule has 0 saturated heterocycles. The van der Waals surface area contributed by atoms with Crippen molar-refractivity contribution in [2.75, 3.05) is 12.3 Å². The molecular weight excluding hydrogens is 328 g/mol. The van der Waals surface area contributed by atoms with Crippen molar-refractivity contribution in [3.63, 3.8) is 0 Å². The van der Waals surface area contributed by atoms with Crippen molar-refractivity contribution in [1.29, 1.82) is 0 Å². The van der Waals surface area contributed by atoms with Crippen LogP contribution in [0.2, 0.25) is 0 Å². The van der Waals surface area contributed by atoms with Gasteiger partial charge in [-0.1, -0.05) is 24.3 Å². The van der Waals surface area contributed by atoms with Crippen LogP contribution in [0.25, 0.3) is 0 Å². The summed E-state index contributed by atoms with van der Waals surface area (Å²) in [6.45, 7) is 3.38. The quantitative estimate of drug-likeness (QED) is 0.816. The Morgan fingerprint density at radius 3 is 3.17 bits per heavy atom. The van der Waals surface area contributed by atoms with E-state index in [1.165, 1.54) is 5.56 Å². The highest BCUT2D eigenvalue weighted by Gasteiger charge is 2.26. The first kappa shape index (κ1) is 16.3. The average Bonchev–Trinajstić information content (AvgIpc) is 2.94. The molecule has 0 spiro atoms. The number of aryl methyl sites for hydroxylation is 1. The van der Waals surface area contributed by atoms with Crippen LogP contribution >= 0.6 is 24.0 Å². The molecule has 1 amide bonds. The standard InChI is InChI=1S/C16H20N4OS2/c1-2-20-13(18-19-16(20)22)7-9-17-15(21)14-12-6-4-3-5-11(12)8-10-23-14/h3-6,14H,2,7-10H2,1H3,(H,17,21)(H,19,22)/t14-/m0/s1. The van der Waals surface area contributed by atoms with Crippen LogP contribution in [0.1, 0.15) is 29.1 Å². The lowest BCUT2D eigenvalue weighted by atomic mass is 10.0. The zero-order chi connectivity index (χ0) is 16.2. The van der Waals surface area contributed by atoms with Crippen LogP contribution in [0.4, 0.5) is 0 Å². The van der Waals surface area contributed by atoms with Gasteiger partial charge < -0.3 is 9.88 Å². The van der Waals surface area contributed by atoms with E-state index in [4.69, 9.17) is 12.2 Å². The van der Waals surface area contributed by atoms with Crippen molar-refractivity contribution < 1.29 is 4.79 Å². The Kier molecular flexibility index (Phi) is 5.17. The van der Waals surface area contributed by atoms with Crippen LogP contribution in [0.3, 0.4) is 0 Å². The van der Waals surface area contributed by atoms with Crippen LogP contribution in [-0.4, -0.2) is 33.0 Å². The van der Waals surface area contributed by atoms with Crippen LogP contribution in [0, 0.1) is 4.77 Å². The molecule has 1 aromatic heterocycles. The first-order valence-corrected chi connectivity index (χ1v) is 9.27. The lowest BCUT2D eigenvalue weighted by molar-refractivity contribution is -0.120. The van der Waals surface area contributed by atoms with Crippen LogP contribution in [0.15, 0.2) is 24.3 Å². The summed E-state index contributed by atoms with van der Waals surface area (Å²) < 4.78 is 2.58. The van der Waals surface area contributed by atoms with Gasteiger partial charge in [-0.05, 0) is 42.4 Å². The van der Waals surface area contributed by atoms with Gasteiger partial charge in [-0.2, -0.15) is 5.10 Å². The van der Waals surface area contributed by atoms with Gasteiger partial charge in [0, 0.05) is 19.5 Å². The van der Waals surface area contributed by atoms with Crippen LogP contribution < -0.4 is 5.32 Å². The van der Waals surface area contributed by atoms with Crippen molar-refractivity contribution in [3.05, 3.63) is 46.0 Å². The number of benzene rings is 1. The maximum atomic E-state index is 12.5. The smallest absolute Gasteiger partial charge is 0.237 e. The van der Waals surface area contributed by atoms with E-state index in [-0.39, 0.29) is 11.2 Å². The zero-order valence-electron chi connectivity index (χ0n) is 13.0. The monoisotopic (exact) mass is 348 g/mol. The number of amides is 1. The molecule has 3 rings (SSSR count). The van der Waals surface area contributed by atoms with Crippen molar-refractivity contribution in [2.45, 2.75) is 31.6 Å². The third-order valence-electron chi connectivity index (χ3n) is 4.03. The molecule has 0 radical (unpaired) electrons. The molecule has 23 heavy (non-hydrogen) atoms. The van der Waals surface area contributed by atoms with E-state index in [0.717, 1.165) is 30.1 Å². The minimum atomic E-state index is -0.105. The van der Waals surface area contributed by atoms with Gasteiger partial charge in [0.05, 0.1) is 0 Å². The number of H-pyrrole nitrogens is 1. The fourth-order valence-electron chi connectivity index (χ4n) is 2.87. The predicted molar refractivity (Wildman–Crippen MR) is 95.1 cm³/mol. The molecule has 7 heteroatoms. The Bertz CT molecular complexity index is 753. The second-order valence-corrected chi connectivity index (χ2v) is 7.03. The molecular formula is C16H20N4OS2. The first-order chi connectivity index (χ1) is 11.2. The highest BCUT2D eigenvalue weighted by Crippen LogP contribution is 2.36. The summed E-state index contributed by atoms with van der Waals surface area (Å²) in [7, 11) is 0. The van der Waals surface area contributed by atoms with Gasteiger partial charge in [-0.3, -0.25) is 9.89 Å². The number of fused-ring (bicyclic) bond motifs is 1. The Labute approximate surface area is 144 Å². The number of nitrogens with zero attached hydrogens (tertiary/aromatic N) is 2. The Balaban J connectivity index is 1.61. The molecule has 2 heterocycles. The highest BCUT2D eigenvalue weighted by atomic mass is 32.2. The molecule has 0 fully saturated rings. The van der Waals surface area contributed by atoms with E-state index in [9.17, 15) is 4.79 Å². The van der Waals surface area contributed by atoms with Gasteiger partial charge in [-0.25, -0.2) is 0 Å². The molecule has 2 aromatic rings. The minimum Gasteiger partial charge on any atom is -0.354 e. The fraction of sp³-hybridized carbons (Fsp3) is 0.438. The van der Waals surface area contributed by atoms with E-state index < -0.39 is 0 Å². The number of nitrogens with one attached hydrogen (secondary N) is 2. The summed E-state index contributed by atoms with van der Waals surface area (Å²) in [6, 6.07) is 8.23. The average molecular weight is 348 g/mol. The second-order valence-electron chi connectivity index (χ2n) is 5.43. The lowest BCUT2D eigenvalue weighted by Gasteiger charge is -2.24. The summed E-state index contributed by atoms with van der Waals surface area (Å²) in [6.07, 6.45) is 1.71. The normalized spacial score (nSPS) is 16.8. The Hall–Kier alpha value is -1.60. The molecule has 2 N–H and O–H groups in total. The predicted octanol–water partition coefficient (Wildman–Crippen LogP) is 2.65. The van der Waals surface area contributed by atoms with Crippen molar-refractivity contribution >= 4 is 29.9 Å². The van der Waals surface area contributed by atoms with Gasteiger partial charge in [0.1, 0.15) is 11.1 Å². The molecule has 1 aliphatic rings. The van der Waals surface area contributed by atoms with Crippen molar-refractivity contribution in [1.82, 2.24) is 20.1 Å². The number of rotatable bonds is 5. The summed E-state index contributed by atoms with van der Waals surface area (Å²) >= 11 is 6.89. The fourth-order valence-corrected chi connectivity index (χ4v) is 4.37. The largest absolute Gasteiger partial charge is 0.354 e. The van der Waals surface area contributed by atoms with E-state index in [2.05, 4.69) is 27.6 Å². The number of aromatic amines is 1. The molecule has 5 nitrogen and oxygen atoms in total. The van der Waals surface area contributed by atoms with E-state index in [1.807, 2.05) is 23.6 Å². The molecule has 0 bridgehead atoms. The second kappa shape index (κ2) is 7.31. The van der Waals surface area contributed by atoms with Crippen molar-refractivity contribution in [2.24, 2.45) is 0 Å². The highest BCUT2D eigenvalue weighted by molar-refractivity contribution is 8.00. The van der Waals surface area contributed by atoms with Crippen molar-refractivity contribution in [3.8, 4) is 0 Å². The minimum absolute atomic E-state index is 0.0827. The SMILES string of the molecule is CCn1c(CCNC(=O)[C@H]2SCCc3ccccc32)n[nH]c1=S. The lowest BCUT2D eigenvalue weighted by Crippen LogP contribution is -2.32. The summed E-state index contributed by atoms with van der Waals surface area (Å²) in [5.74, 6) is 1.96. The van der Waals surface area contributed by atoms with Gasteiger partial charge in [-0.15, -0.1) is 11.8 Å². The summed E-state index contributed by atoms with van der Waals surface area (Å²) in [5, 5.41) is 9.96. The molecule has 0 saturated carbocycles. The Morgan fingerprint density at radius 1 is 1.52 bits per heavy atom. The summed E-state index contributed by atoms with van der Waals surface area (Å²) in [4.78, 5) is 12.5. The van der Waals surface area contributed by atoms with Gasteiger partial charge in [0.25, 0.3) is 0 Å². The zero-order valence-corrected chi connectivity index (χ0v) is 14.7. The topological polar surface area (TPSA) is 62.7 Å². The van der Waals surface area contributed by atoms with Crippen LogP contribution in [0.5, 0.6) is 0 Å².